The van der Waals surface area contributed by atoms with Gasteiger partial charge >= 0.3 is 5.97 Å². The fraction of sp³-hybridized carbons (Fsp3) is 0.435. The average Bonchev–Trinajstić information content (AvgIpc) is 2.74. The van der Waals surface area contributed by atoms with Crippen LogP contribution in [0.2, 0.25) is 0 Å². The number of hydrogen-bond donors (Lipinski definition) is 0. The molecule has 2 rings (SSSR count). The number of Topliss-reactive ketones (excluding diaryl/α,β-unsaturated/α-hetero) is 1. The Bertz CT molecular complexity index is 713. The molecule has 0 fully saturated rings. The molecule has 0 atom stereocenters. The monoisotopic (exact) mass is 383 g/mol. The molecule has 1 aromatic carbocycles. The Morgan fingerprint density at radius 2 is 1.46 bits per heavy atom. The Morgan fingerprint density at radius 3 is 2.14 bits per heavy atom. The highest BCUT2D eigenvalue weighted by Gasteiger charge is 2.11. The van der Waals surface area contributed by atoms with Crippen LogP contribution in [0.1, 0.15) is 72.6 Å². The Morgan fingerprint density at radius 1 is 0.821 bits per heavy atom. The predicted molar refractivity (Wildman–Crippen MR) is 109 cm³/mol. The van der Waals surface area contributed by atoms with Gasteiger partial charge in [-0.3, -0.25) is 9.78 Å². The molecule has 2 aromatic rings. The van der Waals surface area contributed by atoms with Crippen LogP contribution in [0.15, 0.2) is 48.8 Å². The lowest BCUT2D eigenvalue weighted by Crippen LogP contribution is -2.14. The van der Waals surface area contributed by atoms with Crippen molar-refractivity contribution >= 4 is 11.8 Å². The molecule has 0 aliphatic carbocycles. The van der Waals surface area contributed by atoms with Gasteiger partial charge in [-0.1, -0.05) is 45.4 Å². The fourth-order valence-corrected chi connectivity index (χ4v) is 2.77. The van der Waals surface area contributed by atoms with Gasteiger partial charge < -0.3 is 9.47 Å². The third-order valence-corrected chi connectivity index (χ3v) is 4.44. The van der Waals surface area contributed by atoms with Gasteiger partial charge in [-0.15, -0.1) is 0 Å². The zero-order valence-electron chi connectivity index (χ0n) is 16.6. The summed E-state index contributed by atoms with van der Waals surface area (Å²) < 4.78 is 10.8. The van der Waals surface area contributed by atoms with Gasteiger partial charge in [0.2, 0.25) is 0 Å². The molecule has 0 aliphatic rings. The molecule has 0 spiro atoms. The van der Waals surface area contributed by atoms with Crippen molar-refractivity contribution in [1.82, 2.24) is 4.98 Å². The third kappa shape index (κ3) is 7.91. The van der Waals surface area contributed by atoms with Crippen LogP contribution in [-0.4, -0.2) is 30.0 Å². The molecular weight excluding hydrogens is 354 g/mol. The van der Waals surface area contributed by atoms with Gasteiger partial charge in [0.05, 0.1) is 12.2 Å². The minimum absolute atomic E-state index is 0.249. The maximum absolute atomic E-state index is 12.2. The molecule has 0 radical (unpaired) electrons. The van der Waals surface area contributed by atoms with Crippen molar-refractivity contribution in [1.29, 1.82) is 0 Å². The molecule has 150 valence electrons. The van der Waals surface area contributed by atoms with Crippen molar-refractivity contribution in [3.8, 4) is 5.75 Å². The van der Waals surface area contributed by atoms with Crippen molar-refractivity contribution < 1.29 is 19.1 Å². The summed E-state index contributed by atoms with van der Waals surface area (Å²) in [6.07, 6.45) is 11.7. The van der Waals surface area contributed by atoms with Gasteiger partial charge in [0.15, 0.2) is 12.4 Å². The van der Waals surface area contributed by atoms with Gasteiger partial charge in [0.25, 0.3) is 0 Å². The van der Waals surface area contributed by atoms with Gasteiger partial charge in [-0.05, 0) is 42.8 Å². The fourth-order valence-electron chi connectivity index (χ4n) is 2.77. The number of rotatable bonds is 13. The second-order valence-electron chi connectivity index (χ2n) is 6.73. The smallest absolute Gasteiger partial charge is 0.338 e. The first-order valence-electron chi connectivity index (χ1n) is 10.0. The lowest BCUT2D eigenvalue weighted by molar-refractivity contribution is 0.0474. The summed E-state index contributed by atoms with van der Waals surface area (Å²) in [4.78, 5) is 27.9. The number of aromatic nitrogens is 1. The Labute approximate surface area is 167 Å². The van der Waals surface area contributed by atoms with E-state index in [-0.39, 0.29) is 12.4 Å². The molecular formula is C23H29NO4. The minimum Gasteiger partial charge on any atom is -0.494 e. The average molecular weight is 383 g/mol. The highest BCUT2D eigenvalue weighted by atomic mass is 16.5. The maximum atomic E-state index is 12.2. The standard InChI is InChI=1S/C23H29NO4/c1-2-3-4-5-6-7-8-17-27-21-11-9-19(10-12-21)22(25)18-28-23(26)20-13-15-24-16-14-20/h9-16H,2-8,17-18H2,1H3. The molecule has 0 saturated heterocycles. The quantitative estimate of drug-likeness (QED) is 0.268. The largest absolute Gasteiger partial charge is 0.494 e. The van der Waals surface area contributed by atoms with Crippen molar-refractivity contribution in [3.05, 3.63) is 59.9 Å². The third-order valence-electron chi connectivity index (χ3n) is 4.44. The number of benzene rings is 1. The van der Waals surface area contributed by atoms with E-state index in [1.54, 1.807) is 36.4 Å². The Kier molecular flexibility index (Phi) is 9.76. The molecule has 1 aromatic heterocycles. The van der Waals surface area contributed by atoms with E-state index in [9.17, 15) is 9.59 Å². The number of nitrogens with zero attached hydrogens (tertiary/aromatic N) is 1. The molecule has 5 heteroatoms. The second kappa shape index (κ2) is 12.7. The lowest BCUT2D eigenvalue weighted by atomic mass is 10.1. The van der Waals surface area contributed by atoms with Crippen LogP contribution in [0, 0.1) is 0 Å². The van der Waals surface area contributed by atoms with Crippen molar-refractivity contribution in [2.75, 3.05) is 13.2 Å². The van der Waals surface area contributed by atoms with Crippen LogP contribution in [0.4, 0.5) is 0 Å². The Hall–Kier alpha value is -2.69. The number of esters is 1. The van der Waals surface area contributed by atoms with E-state index >= 15 is 0 Å². The van der Waals surface area contributed by atoms with E-state index in [0.717, 1.165) is 12.2 Å². The molecule has 0 aliphatic heterocycles. The lowest BCUT2D eigenvalue weighted by Gasteiger charge is -2.08. The van der Waals surface area contributed by atoms with Crippen molar-refractivity contribution in [2.24, 2.45) is 0 Å². The molecule has 1 heterocycles. The molecule has 0 saturated carbocycles. The molecule has 5 nitrogen and oxygen atoms in total. The zero-order valence-corrected chi connectivity index (χ0v) is 16.6. The highest BCUT2D eigenvalue weighted by Crippen LogP contribution is 2.14. The van der Waals surface area contributed by atoms with Crippen LogP contribution < -0.4 is 4.74 Å². The van der Waals surface area contributed by atoms with Crippen molar-refractivity contribution in [2.45, 2.75) is 51.9 Å². The van der Waals surface area contributed by atoms with Crippen LogP contribution in [0.3, 0.4) is 0 Å². The Balaban J connectivity index is 1.66. The van der Waals surface area contributed by atoms with Crippen molar-refractivity contribution in [3.63, 3.8) is 0 Å². The summed E-state index contributed by atoms with van der Waals surface area (Å²) in [5, 5.41) is 0. The molecule has 28 heavy (non-hydrogen) atoms. The van der Waals surface area contributed by atoms with E-state index in [4.69, 9.17) is 9.47 Å². The SMILES string of the molecule is CCCCCCCCCOc1ccc(C(=O)COC(=O)c2ccncc2)cc1. The highest BCUT2D eigenvalue weighted by molar-refractivity contribution is 5.99. The van der Waals surface area contributed by atoms with E-state index < -0.39 is 5.97 Å². The molecule has 0 unspecified atom stereocenters. The number of carbonyl (C=O) groups is 2. The first-order chi connectivity index (χ1) is 13.7. The molecule has 0 N–H and O–H groups in total. The normalized spacial score (nSPS) is 10.5. The van der Waals surface area contributed by atoms with Crippen LogP contribution in [-0.2, 0) is 4.74 Å². The van der Waals surface area contributed by atoms with Crippen LogP contribution >= 0.6 is 0 Å². The number of carbonyl (C=O) groups excluding carboxylic acids is 2. The molecule has 0 bridgehead atoms. The van der Waals surface area contributed by atoms with Gasteiger partial charge in [0, 0.05) is 18.0 Å². The number of pyridine rings is 1. The van der Waals surface area contributed by atoms with E-state index in [1.807, 2.05) is 0 Å². The number of ether oxygens (including phenoxy) is 2. The topological polar surface area (TPSA) is 65.5 Å². The van der Waals surface area contributed by atoms with Gasteiger partial charge in [-0.25, -0.2) is 4.79 Å². The van der Waals surface area contributed by atoms with Gasteiger partial charge in [0.1, 0.15) is 5.75 Å². The van der Waals surface area contributed by atoms with Crippen LogP contribution in [0.25, 0.3) is 0 Å². The maximum Gasteiger partial charge on any atom is 0.338 e. The first-order valence-corrected chi connectivity index (χ1v) is 10.0. The van der Waals surface area contributed by atoms with Crippen LogP contribution in [0.5, 0.6) is 5.75 Å². The minimum atomic E-state index is -0.537. The molecule has 0 amide bonds. The van der Waals surface area contributed by atoms with E-state index in [2.05, 4.69) is 11.9 Å². The summed E-state index contributed by atoms with van der Waals surface area (Å²) in [7, 11) is 0. The number of hydrogen-bond acceptors (Lipinski definition) is 5. The summed E-state index contributed by atoms with van der Waals surface area (Å²) >= 11 is 0. The summed E-state index contributed by atoms with van der Waals surface area (Å²) in [5.41, 5.74) is 0.864. The van der Waals surface area contributed by atoms with E-state index in [1.165, 1.54) is 50.9 Å². The van der Waals surface area contributed by atoms with Gasteiger partial charge in [-0.2, -0.15) is 0 Å². The number of unbranched alkanes of at least 4 members (excludes halogenated alkanes) is 6. The van der Waals surface area contributed by atoms with E-state index in [0.29, 0.717) is 17.7 Å². The first kappa shape index (κ1) is 21.6. The zero-order chi connectivity index (χ0) is 20.0. The summed E-state index contributed by atoms with van der Waals surface area (Å²) in [6, 6.07) is 10.0. The summed E-state index contributed by atoms with van der Waals surface area (Å²) in [6.45, 7) is 2.62. The number of ketones is 1. The predicted octanol–water partition coefficient (Wildman–Crippen LogP) is 5.25. The summed E-state index contributed by atoms with van der Waals surface area (Å²) in [5.74, 6) is -0.0391. The second-order valence-corrected chi connectivity index (χ2v) is 6.73.